The molecule has 0 spiro atoms. The number of aryl methyl sites for hydroxylation is 1. The minimum Gasteiger partial charge on any atom is -0.489 e. The van der Waals surface area contributed by atoms with Gasteiger partial charge in [0.25, 0.3) is 0 Å². The molecule has 7 heteroatoms. The highest BCUT2D eigenvalue weighted by Gasteiger charge is 2.38. The molecule has 0 aromatic heterocycles. The van der Waals surface area contributed by atoms with E-state index in [1.807, 2.05) is 30.3 Å². The fourth-order valence-electron chi connectivity index (χ4n) is 2.95. The number of aliphatic hydroxyl groups excluding tert-OH is 3. The van der Waals surface area contributed by atoms with Gasteiger partial charge < -0.3 is 29.5 Å². The zero-order valence-corrected chi connectivity index (χ0v) is 15.5. The van der Waals surface area contributed by atoms with Gasteiger partial charge in [0, 0.05) is 0 Å². The Balaban J connectivity index is 1.55. The van der Waals surface area contributed by atoms with Gasteiger partial charge in [-0.05, 0) is 36.2 Å². The predicted octanol–water partition coefficient (Wildman–Crippen LogP) is 1.21. The second kappa shape index (κ2) is 9.16. The van der Waals surface area contributed by atoms with E-state index in [4.69, 9.17) is 14.2 Å². The number of benzene rings is 2. The van der Waals surface area contributed by atoms with Crippen molar-refractivity contribution < 1.29 is 34.3 Å². The Bertz CT molecular complexity index is 793. The number of hydrogen-bond acceptors (Lipinski definition) is 7. The minimum absolute atomic E-state index is 0.132. The van der Waals surface area contributed by atoms with E-state index in [0.717, 1.165) is 5.56 Å². The molecule has 3 rings (SSSR count). The largest absolute Gasteiger partial charge is 0.489 e. The smallest absolute Gasteiger partial charge is 0.338 e. The van der Waals surface area contributed by atoms with Crippen molar-refractivity contribution in [1.29, 1.82) is 0 Å². The predicted molar refractivity (Wildman–Crippen MR) is 100.0 cm³/mol. The lowest BCUT2D eigenvalue weighted by Crippen LogP contribution is -2.54. The molecular formula is C21H24O7. The Morgan fingerprint density at radius 3 is 2.57 bits per heavy atom. The van der Waals surface area contributed by atoms with E-state index in [9.17, 15) is 20.1 Å². The molecule has 0 saturated carbocycles. The molecule has 28 heavy (non-hydrogen) atoms. The fourth-order valence-corrected chi connectivity index (χ4v) is 2.95. The topological polar surface area (TPSA) is 105 Å². The first kappa shape index (κ1) is 20.3. The van der Waals surface area contributed by atoms with Crippen molar-refractivity contribution in [3.05, 3.63) is 65.2 Å². The van der Waals surface area contributed by atoms with Gasteiger partial charge in [-0.2, -0.15) is 0 Å². The Morgan fingerprint density at radius 2 is 1.86 bits per heavy atom. The van der Waals surface area contributed by atoms with Crippen LogP contribution in [0.4, 0.5) is 0 Å². The van der Waals surface area contributed by atoms with Crippen molar-refractivity contribution in [3.63, 3.8) is 0 Å². The Kier molecular flexibility index (Phi) is 6.64. The van der Waals surface area contributed by atoms with Crippen molar-refractivity contribution in [2.75, 3.05) is 13.2 Å². The molecule has 0 unspecified atom stereocenters. The van der Waals surface area contributed by atoms with Gasteiger partial charge >= 0.3 is 5.97 Å². The van der Waals surface area contributed by atoms with E-state index < -0.39 is 30.4 Å². The summed E-state index contributed by atoms with van der Waals surface area (Å²) in [6.45, 7) is 1.84. The van der Waals surface area contributed by atoms with Crippen LogP contribution in [0.3, 0.4) is 0 Å². The number of ether oxygens (including phenoxy) is 3. The van der Waals surface area contributed by atoms with Gasteiger partial charge in [0.1, 0.15) is 43.4 Å². The Morgan fingerprint density at radius 1 is 1.11 bits per heavy atom. The second-order valence-corrected chi connectivity index (χ2v) is 6.77. The third kappa shape index (κ3) is 4.88. The highest BCUT2D eigenvalue weighted by molar-refractivity contribution is 5.91. The van der Waals surface area contributed by atoms with Crippen LogP contribution in [0.2, 0.25) is 0 Å². The summed E-state index contributed by atoms with van der Waals surface area (Å²) in [5.74, 6) is 0.0737. The summed E-state index contributed by atoms with van der Waals surface area (Å²) < 4.78 is 16.2. The molecule has 2 aromatic carbocycles. The van der Waals surface area contributed by atoms with E-state index in [1.54, 1.807) is 25.1 Å². The van der Waals surface area contributed by atoms with Gasteiger partial charge in [-0.25, -0.2) is 4.79 Å². The van der Waals surface area contributed by atoms with Gasteiger partial charge in [0.2, 0.25) is 0 Å². The number of carbonyl (C=O) groups excluding carboxylic acids is 1. The summed E-state index contributed by atoms with van der Waals surface area (Å²) in [7, 11) is 0. The fraction of sp³-hybridized carbons (Fsp3) is 0.381. The van der Waals surface area contributed by atoms with Crippen LogP contribution in [0.15, 0.2) is 48.5 Å². The van der Waals surface area contributed by atoms with Crippen LogP contribution in [0.25, 0.3) is 0 Å². The molecule has 0 radical (unpaired) electrons. The van der Waals surface area contributed by atoms with Gasteiger partial charge in [-0.15, -0.1) is 0 Å². The molecule has 4 atom stereocenters. The molecule has 0 aliphatic carbocycles. The minimum atomic E-state index is -1.33. The van der Waals surface area contributed by atoms with Crippen molar-refractivity contribution >= 4 is 5.97 Å². The molecule has 2 aromatic rings. The normalized spacial score (nSPS) is 24.6. The summed E-state index contributed by atoms with van der Waals surface area (Å²) in [5, 5.41) is 29.0. The zero-order chi connectivity index (χ0) is 20.1. The SMILES string of the molecule is Cc1cc(OCc2ccccc2)ccc1C(=O)OC[C@H]1OC[C@H](O)[C@@H](O)[C@H]1O. The molecule has 1 aliphatic rings. The van der Waals surface area contributed by atoms with E-state index in [-0.39, 0.29) is 13.2 Å². The quantitative estimate of drug-likeness (QED) is 0.639. The van der Waals surface area contributed by atoms with Crippen LogP contribution >= 0.6 is 0 Å². The third-order valence-corrected chi connectivity index (χ3v) is 4.65. The van der Waals surface area contributed by atoms with Gasteiger partial charge in [-0.1, -0.05) is 30.3 Å². The summed E-state index contributed by atoms with van der Waals surface area (Å²) in [6, 6.07) is 14.8. The number of carbonyl (C=O) groups is 1. The van der Waals surface area contributed by atoms with Crippen LogP contribution < -0.4 is 4.74 Å². The van der Waals surface area contributed by atoms with Gasteiger partial charge in [-0.3, -0.25) is 0 Å². The molecule has 0 bridgehead atoms. The lowest BCUT2D eigenvalue weighted by molar-refractivity contribution is -0.195. The first-order chi connectivity index (χ1) is 13.5. The highest BCUT2D eigenvalue weighted by Crippen LogP contribution is 2.21. The number of esters is 1. The molecule has 150 valence electrons. The standard InChI is InChI=1S/C21H24O7/c1-13-9-15(26-10-14-5-3-2-4-6-14)7-8-16(13)21(25)28-12-18-20(24)19(23)17(22)11-27-18/h2-9,17-20,22-24H,10-12H2,1H3/t17-,18+,19+,20-/m0/s1. The molecule has 3 N–H and O–H groups in total. The van der Waals surface area contributed by atoms with Crippen molar-refractivity contribution in [2.24, 2.45) is 0 Å². The average Bonchev–Trinajstić information content (AvgIpc) is 2.70. The maximum atomic E-state index is 12.3. The summed E-state index contributed by atoms with van der Waals surface area (Å²) in [4.78, 5) is 12.3. The van der Waals surface area contributed by atoms with Crippen LogP contribution in [0.1, 0.15) is 21.5 Å². The molecule has 1 aliphatic heterocycles. The van der Waals surface area contributed by atoms with Gasteiger partial charge in [0.15, 0.2) is 0 Å². The highest BCUT2D eigenvalue weighted by atomic mass is 16.6. The van der Waals surface area contributed by atoms with Crippen LogP contribution in [-0.2, 0) is 16.1 Å². The maximum Gasteiger partial charge on any atom is 0.338 e. The molecule has 1 heterocycles. The van der Waals surface area contributed by atoms with Crippen LogP contribution in [0.5, 0.6) is 5.75 Å². The Labute approximate surface area is 163 Å². The van der Waals surface area contributed by atoms with E-state index in [0.29, 0.717) is 23.5 Å². The monoisotopic (exact) mass is 388 g/mol. The number of rotatable bonds is 6. The molecule has 1 saturated heterocycles. The zero-order valence-electron chi connectivity index (χ0n) is 15.5. The summed E-state index contributed by atoms with van der Waals surface area (Å²) >= 11 is 0. The molecular weight excluding hydrogens is 364 g/mol. The maximum absolute atomic E-state index is 12.3. The lowest BCUT2D eigenvalue weighted by Gasteiger charge is -2.34. The number of hydrogen-bond donors (Lipinski definition) is 3. The first-order valence-corrected chi connectivity index (χ1v) is 9.06. The first-order valence-electron chi connectivity index (χ1n) is 9.06. The van der Waals surface area contributed by atoms with Crippen LogP contribution in [-0.4, -0.2) is 58.9 Å². The lowest BCUT2D eigenvalue weighted by atomic mass is 10.0. The summed E-state index contributed by atoms with van der Waals surface area (Å²) in [5.41, 5.74) is 2.11. The Hall–Kier alpha value is -2.45. The molecule has 1 fully saturated rings. The molecule has 0 amide bonds. The van der Waals surface area contributed by atoms with Crippen molar-refractivity contribution in [1.82, 2.24) is 0 Å². The van der Waals surface area contributed by atoms with Crippen molar-refractivity contribution in [3.8, 4) is 5.75 Å². The average molecular weight is 388 g/mol. The number of aliphatic hydroxyl groups is 3. The summed E-state index contributed by atoms with van der Waals surface area (Å²) in [6.07, 6.45) is -4.71. The molecule has 7 nitrogen and oxygen atoms in total. The second-order valence-electron chi connectivity index (χ2n) is 6.77. The van der Waals surface area contributed by atoms with E-state index in [2.05, 4.69) is 0 Å². The van der Waals surface area contributed by atoms with E-state index >= 15 is 0 Å². The van der Waals surface area contributed by atoms with Gasteiger partial charge in [0.05, 0.1) is 12.2 Å². The van der Waals surface area contributed by atoms with Crippen molar-refractivity contribution in [2.45, 2.75) is 37.9 Å². The van der Waals surface area contributed by atoms with E-state index in [1.165, 1.54) is 0 Å². The third-order valence-electron chi connectivity index (χ3n) is 4.65. The van der Waals surface area contributed by atoms with Crippen LogP contribution in [0, 0.1) is 6.92 Å².